The lowest BCUT2D eigenvalue weighted by Gasteiger charge is -2.12. The Bertz CT molecular complexity index is 671. The Hall–Kier alpha value is -2.41. The molecule has 7 heteroatoms. The third-order valence-corrected chi connectivity index (χ3v) is 4.42. The molecule has 0 atom stereocenters. The van der Waals surface area contributed by atoms with Crippen molar-refractivity contribution >= 4 is 23.2 Å². The molecular formula is C18H23FN4OS. The first-order valence-electron chi connectivity index (χ1n) is 8.15. The van der Waals surface area contributed by atoms with Gasteiger partial charge in [-0.25, -0.2) is 4.39 Å². The van der Waals surface area contributed by atoms with Crippen molar-refractivity contribution in [2.45, 2.75) is 12.8 Å². The number of hydrogen-bond acceptors (Lipinski definition) is 3. The maximum atomic E-state index is 12.8. The van der Waals surface area contributed by atoms with Crippen molar-refractivity contribution in [3.63, 3.8) is 0 Å². The van der Waals surface area contributed by atoms with Gasteiger partial charge in [0.05, 0.1) is 6.42 Å². The molecule has 2 rings (SSSR count). The number of carbonyl (C=O) groups is 1. The van der Waals surface area contributed by atoms with Gasteiger partial charge in [-0.2, -0.15) is 0 Å². The summed E-state index contributed by atoms with van der Waals surface area (Å²) in [5, 5.41) is 11.3. The molecule has 1 amide bonds. The Morgan fingerprint density at radius 1 is 1.08 bits per heavy atom. The van der Waals surface area contributed by atoms with Crippen LogP contribution in [0.3, 0.4) is 0 Å². The van der Waals surface area contributed by atoms with Crippen LogP contribution in [0.4, 0.5) is 4.39 Å². The highest BCUT2D eigenvalue weighted by molar-refractivity contribution is 7.09. The van der Waals surface area contributed by atoms with Gasteiger partial charge in [-0.3, -0.25) is 9.79 Å². The number of nitrogens with one attached hydrogen (secondary N) is 3. The van der Waals surface area contributed by atoms with Crippen molar-refractivity contribution < 1.29 is 9.18 Å². The first kappa shape index (κ1) is 18.9. The number of carbonyl (C=O) groups excluding carboxylic acids is 1. The topological polar surface area (TPSA) is 65.5 Å². The Balaban J connectivity index is 1.58. The molecule has 0 unspecified atom stereocenters. The molecule has 0 radical (unpaired) electrons. The quantitative estimate of drug-likeness (QED) is 0.382. The second kappa shape index (κ2) is 10.5. The minimum Gasteiger partial charge on any atom is -0.356 e. The molecule has 1 aromatic heterocycles. The molecule has 0 bridgehead atoms. The van der Waals surface area contributed by atoms with Crippen LogP contribution in [-0.4, -0.2) is 38.5 Å². The first-order valence-corrected chi connectivity index (χ1v) is 9.03. The van der Waals surface area contributed by atoms with Crippen LogP contribution in [0.5, 0.6) is 0 Å². The molecule has 2 aromatic rings. The molecule has 1 heterocycles. The zero-order valence-corrected chi connectivity index (χ0v) is 15.0. The fraction of sp³-hybridized carbons (Fsp3) is 0.333. The van der Waals surface area contributed by atoms with Crippen LogP contribution in [0.15, 0.2) is 46.8 Å². The van der Waals surface area contributed by atoms with Gasteiger partial charge < -0.3 is 16.0 Å². The molecule has 0 fully saturated rings. The predicted molar refractivity (Wildman–Crippen MR) is 101 cm³/mol. The molecular weight excluding hydrogens is 339 g/mol. The number of thiophene rings is 1. The maximum absolute atomic E-state index is 12.8. The van der Waals surface area contributed by atoms with Crippen LogP contribution in [0.25, 0.3) is 0 Å². The Kier molecular flexibility index (Phi) is 7.91. The lowest BCUT2D eigenvalue weighted by molar-refractivity contribution is -0.120. The van der Waals surface area contributed by atoms with E-state index in [0.717, 1.165) is 18.5 Å². The van der Waals surface area contributed by atoms with Crippen LogP contribution >= 0.6 is 11.3 Å². The zero-order valence-electron chi connectivity index (χ0n) is 14.2. The Morgan fingerprint density at radius 2 is 1.80 bits per heavy atom. The van der Waals surface area contributed by atoms with E-state index in [-0.39, 0.29) is 18.1 Å². The second-order valence-corrected chi connectivity index (χ2v) is 6.44. The van der Waals surface area contributed by atoms with Crippen LogP contribution in [0.2, 0.25) is 0 Å². The van der Waals surface area contributed by atoms with Crippen molar-refractivity contribution in [1.29, 1.82) is 0 Å². The molecule has 0 aliphatic heterocycles. The van der Waals surface area contributed by atoms with E-state index in [4.69, 9.17) is 0 Å². The summed E-state index contributed by atoms with van der Waals surface area (Å²) in [6, 6.07) is 10.1. The van der Waals surface area contributed by atoms with E-state index in [1.54, 1.807) is 30.5 Å². The van der Waals surface area contributed by atoms with Crippen molar-refractivity contribution in [3.05, 3.63) is 58.0 Å². The summed E-state index contributed by atoms with van der Waals surface area (Å²) < 4.78 is 12.8. The Morgan fingerprint density at radius 3 is 2.48 bits per heavy atom. The summed E-state index contributed by atoms with van der Waals surface area (Å²) in [5.41, 5.74) is 0.790. The lowest BCUT2D eigenvalue weighted by Crippen LogP contribution is -2.42. The number of benzene rings is 1. The molecule has 1 aromatic carbocycles. The van der Waals surface area contributed by atoms with Crippen LogP contribution in [0, 0.1) is 5.82 Å². The van der Waals surface area contributed by atoms with Gasteiger partial charge in [0.15, 0.2) is 5.96 Å². The summed E-state index contributed by atoms with van der Waals surface area (Å²) in [4.78, 5) is 17.3. The SMILES string of the molecule is CN=C(NCCNC(=O)Cc1ccc(F)cc1)NCCc1cccs1. The van der Waals surface area contributed by atoms with E-state index in [1.165, 1.54) is 17.0 Å². The fourth-order valence-corrected chi connectivity index (χ4v) is 2.92. The summed E-state index contributed by atoms with van der Waals surface area (Å²) >= 11 is 1.74. The molecule has 134 valence electrons. The minimum absolute atomic E-state index is 0.0888. The van der Waals surface area contributed by atoms with Gasteiger partial charge >= 0.3 is 0 Å². The van der Waals surface area contributed by atoms with Gasteiger partial charge in [-0.1, -0.05) is 18.2 Å². The predicted octanol–water partition coefficient (Wildman–Crippen LogP) is 1.95. The van der Waals surface area contributed by atoms with Gasteiger partial charge in [-0.05, 0) is 35.6 Å². The van der Waals surface area contributed by atoms with Gasteiger partial charge in [0, 0.05) is 31.6 Å². The number of aliphatic imine (C=N–C) groups is 1. The van der Waals surface area contributed by atoms with E-state index >= 15 is 0 Å². The van der Waals surface area contributed by atoms with Crippen LogP contribution in [0.1, 0.15) is 10.4 Å². The smallest absolute Gasteiger partial charge is 0.224 e. The molecule has 0 spiro atoms. The fourth-order valence-electron chi connectivity index (χ4n) is 2.21. The average molecular weight is 362 g/mol. The second-order valence-electron chi connectivity index (χ2n) is 5.41. The summed E-state index contributed by atoms with van der Waals surface area (Å²) in [5.74, 6) is 0.324. The van der Waals surface area contributed by atoms with Crippen LogP contribution in [-0.2, 0) is 17.6 Å². The maximum Gasteiger partial charge on any atom is 0.224 e. The van der Waals surface area contributed by atoms with Gasteiger partial charge in [0.1, 0.15) is 5.82 Å². The molecule has 0 saturated carbocycles. The van der Waals surface area contributed by atoms with Gasteiger partial charge in [0.25, 0.3) is 0 Å². The van der Waals surface area contributed by atoms with E-state index < -0.39 is 0 Å². The third-order valence-electron chi connectivity index (χ3n) is 3.49. The summed E-state index contributed by atoms with van der Waals surface area (Å²) in [6.45, 7) is 1.87. The zero-order chi connectivity index (χ0) is 17.9. The van der Waals surface area contributed by atoms with E-state index in [0.29, 0.717) is 19.0 Å². The molecule has 0 aliphatic carbocycles. The van der Waals surface area contributed by atoms with Crippen molar-refractivity contribution in [3.8, 4) is 0 Å². The number of guanidine groups is 1. The normalized spacial score (nSPS) is 11.2. The standard InChI is InChI=1S/C18H23FN4OS/c1-20-18(22-9-8-16-3-2-12-25-16)23-11-10-21-17(24)13-14-4-6-15(19)7-5-14/h2-7,12H,8-11,13H2,1H3,(H,21,24)(H2,20,22,23). The lowest BCUT2D eigenvalue weighted by atomic mass is 10.1. The molecule has 5 nitrogen and oxygen atoms in total. The highest BCUT2D eigenvalue weighted by Crippen LogP contribution is 2.07. The van der Waals surface area contributed by atoms with E-state index in [9.17, 15) is 9.18 Å². The third kappa shape index (κ3) is 7.34. The van der Waals surface area contributed by atoms with Crippen molar-refractivity contribution in [1.82, 2.24) is 16.0 Å². The van der Waals surface area contributed by atoms with E-state index in [1.807, 2.05) is 6.07 Å². The largest absolute Gasteiger partial charge is 0.356 e. The number of halogens is 1. The van der Waals surface area contributed by atoms with Crippen LogP contribution < -0.4 is 16.0 Å². The number of amides is 1. The van der Waals surface area contributed by atoms with Gasteiger partial charge in [0.2, 0.25) is 5.91 Å². The average Bonchev–Trinajstić information content (AvgIpc) is 3.12. The first-order chi connectivity index (χ1) is 12.2. The summed E-state index contributed by atoms with van der Waals surface area (Å²) in [7, 11) is 1.72. The van der Waals surface area contributed by atoms with Crippen molar-refractivity contribution in [2.75, 3.05) is 26.7 Å². The molecule has 0 saturated heterocycles. The highest BCUT2D eigenvalue weighted by atomic mass is 32.1. The minimum atomic E-state index is -0.300. The molecule has 25 heavy (non-hydrogen) atoms. The Labute approximate surface area is 151 Å². The van der Waals surface area contributed by atoms with Crippen molar-refractivity contribution in [2.24, 2.45) is 4.99 Å². The number of rotatable bonds is 8. The highest BCUT2D eigenvalue weighted by Gasteiger charge is 2.03. The molecule has 3 N–H and O–H groups in total. The van der Waals surface area contributed by atoms with E-state index in [2.05, 4.69) is 32.4 Å². The number of hydrogen-bond donors (Lipinski definition) is 3. The monoisotopic (exact) mass is 362 g/mol. The summed E-state index contributed by atoms with van der Waals surface area (Å²) in [6.07, 6.45) is 1.20. The van der Waals surface area contributed by atoms with Gasteiger partial charge in [-0.15, -0.1) is 11.3 Å². The number of nitrogens with zero attached hydrogens (tertiary/aromatic N) is 1. The molecule has 0 aliphatic rings.